The standard InChI is InChI=1S/C33H38N2O5/c1-4-39-28-18-24(19-29(40-5-2)31(28)25-8-6-23(3)7-9-25)21-34-16-14-33(15-17-34)20-30(36)35(22-33)27-12-10-26(11-13-27)32(37)38/h6-13,18-19H,4-5,14-17,20-22H2,1-3H3,(H,37,38). The molecule has 3 aromatic rings. The molecule has 7 heteroatoms. The van der Waals surface area contributed by atoms with Gasteiger partial charge in [0.1, 0.15) is 11.5 Å². The van der Waals surface area contributed by atoms with Crippen LogP contribution in [0, 0.1) is 12.3 Å². The van der Waals surface area contributed by atoms with Crippen molar-refractivity contribution in [3.63, 3.8) is 0 Å². The van der Waals surface area contributed by atoms with Crippen molar-refractivity contribution in [2.45, 2.75) is 46.6 Å². The maximum atomic E-state index is 13.0. The van der Waals surface area contributed by atoms with Gasteiger partial charge in [-0.05, 0) is 99.6 Å². The molecule has 210 valence electrons. The Morgan fingerprint density at radius 1 is 0.925 bits per heavy atom. The van der Waals surface area contributed by atoms with Gasteiger partial charge in [0.15, 0.2) is 0 Å². The fraction of sp³-hybridized carbons (Fsp3) is 0.394. The van der Waals surface area contributed by atoms with Crippen LogP contribution in [-0.4, -0.2) is 54.7 Å². The molecular formula is C33H38N2O5. The summed E-state index contributed by atoms with van der Waals surface area (Å²) in [4.78, 5) is 28.4. The molecule has 1 spiro atoms. The summed E-state index contributed by atoms with van der Waals surface area (Å²) in [6, 6.07) is 19.4. The Hall–Kier alpha value is -3.84. The van der Waals surface area contributed by atoms with E-state index in [0.29, 0.717) is 26.2 Å². The van der Waals surface area contributed by atoms with E-state index >= 15 is 0 Å². The Balaban J connectivity index is 1.29. The topological polar surface area (TPSA) is 79.3 Å². The Morgan fingerprint density at radius 2 is 1.52 bits per heavy atom. The molecular weight excluding hydrogens is 504 g/mol. The van der Waals surface area contributed by atoms with Gasteiger partial charge in [-0.2, -0.15) is 0 Å². The molecule has 3 aromatic carbocycles. The van der Waals surface area contributed by atoms with Gasteiger partial charge in [-0.1, -0.05) is 29.8 Å². The first-order chi connectivity index (χ1) is 19.3. The number of rotatable bonds is 9. The number of ether oxygens (including phenoxy) is 2. The zero-order valence-corrected chi connectivity index (χ0v) is 23.6. The van der Waals surface area contributed by atoms with Crippen LogP contribution in [0.15, 0.2) is 60.7 Å². The first-order valence-electron chi connectivity index (χ1n) is 14.2. The van der Waals surface area contributed by atoms with E-state index < -0.39 is 5.97 Å². The van der Waals surface area contributed by atoms with Crippen molar-refractivity contribution in [2.24, 2.45) is 5.41 Å². The fourth-order valence-electron chi connectivity index (χ4n) is 5.97. The third-order valence-corrected chi connectivity index (χ3v) is 8.14. The highest BCUT2D eigenvalue weighted by atomic mass is 16.5. The Kier molecular flexibility index (Phi) is 8.12. The van der Waals surface area contributed by atoms with Crippen molar-refractivity contribution in [2.75, 3.05) is 37.7 Å². The van der Waals surface area contributed by atoms with E-state index in [0.717, 1.165) is 66.4 Å². The quantitative estimate of drug-likeness (QED) is 0.348. The molecule has 0 atom stereocenters. The number of hydrogen-bond acceptors (Lipinski definition) is 5. The smallest absolute Gasteiger partial charge is 0.335 e. The van der Waals surface area contributed by atoms with Crippen molar-refractivity contribution in [1.82, 2.24) is 4.90 Å². The van der Waals surface area contributed by atoms with E-state index in [2.05, 4.69) is 48.2 Å². The summed E-state index contributed by atoms with van der Waals surface area (Å²) >= 11 is 0. The molecule has 2 aliphatic heterocycles. The number of carboxylic acid groups (broad SMARTS) is 1. The predicted molar refractivity (Wildman–Crippen MR) is 156 cm³/mol. The lowest BCUT2D eigenvalue weighted by Gasteiger charge is -2.39. The van der Waals surface area contributed by atoms with Gasteiger partial charge in [-0.3, -0.25) is 9.69 Å². The van der Waals surface area contributed by atoms with E-state index in [9.17, 15) is 14.7 Å². The molecule has 0 bridgehead atoms. The van der Waals surface area contributed by atoms with Crippen molar-refractivity contribution >= 4 is 17.6 Å². The second kappa shape index (κ2) is 11.7. The van der Waals surface area contributed by atoms with Gasteiger partial charge in [-0.25, -0.2) is 4.79 Å². The Morgan fingerprint density at radius 3 is 2.08 bits per heavy atom. The molecule has 0 aromatic heterocycles. The van der Waals surface area contributed by atoms with Gasteiger partial charge in [0.25, 0.3) is 0 Å². The van der Waals surface area contributed by atoms with Crippen LogP contribution in [0.5, 0.6) is 11.5 Å². The lowest BCUT2D eigenvalue weighted by Crippen LogP contribution is -2.41. The number of aryl methyl sites for hydroxylation is 1. The van der Waals surface area contributed by atoms with Crippen molar-refractivity contribution < 1.29 is 24.2 Å². The van der Waals surface area contributed by atoms with Gasteiger partial charge in [-0.15, -0.1) is 0 Å². The highest BCUT2D eigenvalue weighted by Crippen LogP contribution is 2.44. The lowest BCUT2D eigenvalue weighted by atomic mass is 9.77. The molecule has 1 N–H and O–H groups in total. The van der Waals surface area contributed by atoms with Gasteiger partial charge in [0, 0.05) is 25.2 Å². The van der Waals surface area contributed by atoms with Gasteiger partial charge in [0.2, 0.25) is 5.91 Å². The van der Waals surface area contributed by atoms with E-state index in [1.807, 2.05) is 18.7 Å². The van der Waals surface area contributed by atoms with E-state index in [1.54, 1.807) is 24.3 Å². The first kappa shape index (κ1) is 27.7. The fourth-order valence-corrected chi connectivity index (χ4v) is 5.97. The number of carboxylic acids is 1. The van der Waals surface area contributed by atoms with Crippen LogP contribution in [0.4, 0.5) is 5.69 Å². The molecule has 2 saturated heterocycles. The molecule has 1 amide bonds. The minimum absolute atomic E-state index is 0.0404. The summed E-state index contributed by atoms with van der Waals surface area (Å²) in [7, 11) is 0. The number of benzene rings is 3. The Labute approximate surface area is 236 Å². The third kappa shape index (κ3) is 5.85. The maximum absolute atomic E-state index is 13.0. The van der Waals surface area contributed by atoms with E-state index in [1.165, 1.54) is 5.56 Å². The third-order valence-electron chi connectivity index (χ3n) is 8.14. The molecule has 2 heterocycles. The van der Waals surface area contributed by atoms with Crippen LogP contribution in [0.1, 0.15) is 54.6 Å². The zero-order chi connectivity index (χ0) is 28.3. The summed E-state index contributed by atoms with van der Waals surface area (Å²) < 4.78 is 12.3. The van der Waals surface area contributed by atoms with Crippen LogP contribution in [0.3, 0.4) is 0 Å². The first-order valence-corrected chi connectivity index (χ1v) is 14.2. The number of anilines is 1. The average Bonchev–Trinajstić information content (AvgIpc) is 3.26. The second-order valence-corrected chi connectivity index (χ2v) is 11.0. The number of piperidine rings is 1. The summed E-state index contributed by atoms with van der Waals surface area (Å²) in [5.74, 6) is 0.832. The summed E-state index contributed by atoms with van der Waals surface area (Å²) in [5.41, 5.74) is 5.40. The number of amides is 1. The van der Waals surface area contributed by atoms with Gasteiger partial charge in [0.05, 0.1) is 24.3 Å². The molecule has 0 aliphatic carbocycles. The minimum Gasteiger partial charge on any atom is -0.493 e. The van der Waals surface area contributed by atoms with Crippen LogP contribution in [-0.2, 0) is 11.3 Å². The summed E-state index contributed by atoms with van der Waals surface area (Å²) in [6.45, 7) is 10.5. The number of likely N-dealkylation sites (tertiary alicyclic amines) is 1. The average molecular weight is 543 g/mol. The predicted octanol–water partition coefficient (Wildman–Crippen LogP) is 6.18. The summed E-state index contributed by atoms with van der Waals surface area (Å²) in [5, 5.41) is 9.18. The molecule has 0 saturated carbocycles. The number of carbonyl (C=O) groups is 2. The zero-order valence-electron chi connectivity index (χ0n) is 23.6. The van der Waals surface area contributed by atoms with Crippen molar-refractivity contribution in [3.05, 3.63) is 77.4 Å². The SMILES string of the molecule is CCOc1cc(CN2CCC3(CC2)CC(=O)N(c2ccc(C(=O)O)cc2)C3)cc(OCC)c1-c1ccc(C)cc1. The second-order valence-electron chi connectivity index (χ2n) is 11.0. The lowest BCUT2D eigenvalue weighted by molar-refractivity contribution is -0.118. The van der Waals surface area contributed by atoms with Crippen LogP contribution < -0.4 is 14.4 Å². The molecule has 0 unspecified atom stereocenters. The van der Waals surface area contributed by atoms with E-state index in [4.69, 9.17) is 9.47 Å². The normalized spacial score (nSPS) is 16.9. The highest BCUT2D eigenvalue weighted by molar-refractivity contribution is 5.97. The van der Waals surface area contributed by atoms with E-state index in [-0.39, 0.29) is 16.9 Å². The van der Waals surface area contributed by atoms with Gasteiger partial charge >= 0.3 is 5.97 Å². The number of aromatic carboxylic acids is 1. The van der Waals surface area contributed by atoms with Gasteiger partial charge < -0.3 is 19.5 Å². The van der Waals surface area contributed by atoms with Crippen LogP contribution in [0.2, 0.25) is 0 Å². The molecule has 40 heavy (non-hydrogen) atoms. The minimum atomic E-state index is -0.963. The number of nitrogens with zero attached hydrogens (tertiary/aromatic N) is 2. The monoisotopic (exact) mass is 542 g/mol. The molecule has 5 rings (SSSR count). The maximum Gasteiger partial charge on any atom is 0.335 e. The van der Waals surface area contributed by atoms with Crippen LogP contribution >= 0.6 is 0 Å². The van der Waals surface area contributed by atoms with Crippen molar-refractivity contribution in [3.8, 4) is 22.6 Å². The van der Waals surface area contributed by atoms with Crippen molar-refractivity contribution in [1.29, 1.82) is 0 Å². The molecule has 0 radical (unpaired) electrons. The number of hydrogen-bond donors (Lipinski definition) is 1. The van der Waals surface area contributed by atoms with Crippen LogP contribution in [0.25, 0.3) is 11.1 Å². The molecule has 2 aliphatic rings. The number of carbonyl (C=O) groups excluding carboxylic acids is 1. The molecule has 2 fully saturated rings. The highest BCUT2D eigenvalue weighted by Gasteiger charge is 2.45. The summed E-state index contributed by atoms with van der Waals surface area (Å²) in [6.07, 6.45) is 2.43. The Bertz CT molecular complexity index is 1330. The molecule has 7 nitrogen and oxygen atoms in total. The largest absolute Gasteiger partial charge is 0.493 e.